The molecule has 0 fully saturated rings. The molecule has 2 amide bonds. The van der Waals surface area contributed by atoms with E-state index in [0.717, 1.165) is 12.1 Å². The quantitative estimate of drug-likeness (QED) is 0.812. The molecule has 18 heavy (non-hydrogen) atoms. The second-order valence-corrected chi connectivity index (χ2v) is 4.05. The van der Waals surface area contributed by atoms with Gasteiger partial charge in [0.25, 0.3) is 0 Å². The first-order valence-electron chi connectivity index (χ1n) is 6.25. The van der Waals surface area contributed by atoms with Crippen molar-refractivity contribution in [2.24, 2.45) is 0 Å². The van der Waals surface area contributed by atoms with Crippen LogP contribution in [0, 0.1) is 6.92 Å². The van der Waals surface area contributed by atoms with Crippen molar-refractivity contribution in [2.45, 2.75) is 33.6 Å². The Morgan fingerprint density at radius 1 is 1.44 bits per heavy atom. The molecule has 0 aliphatic carbocycles. The summed E-state index contributed by atoms with van der Waals surface area (Å²) >= 11 is 0. The smallest absolute Gasteiger partial charge is 0.322 e. The highest BCUT2D eigenvalue weighted by molar-refractivity contribution is 5.90. The number of aliphatic hydroxyl groups excluding tert-OH is 1. The fraction of sp³-hybridized carbons (Fsp3) is 0.667. The van der Waals surface area contributed by atoms with E-state index in [1.807, 2.05) is 13.8 Å². The first kappa shape index (κ1) is 14.5. The van der Waals surface area contributed by atoms with Gasteiger partial charge in [-0.2, -0.15) is 0 Å². The van der Waals surface area contributed by atoms with Crippen LogP contribution in [-0.2, 0) is 6.42 Å². The molecule has 0 radical (unpaired) electrons. The molecule has 0 unspecified atom stereocenters. The van der Waals surface area contributed by atoms with E-state index < -0.39 is 0 Å². The average Bonchev–Trinajstić information content (AvgIpc) is 2.70. The van der Waals surface area contributed by atoms with Gasteiger partial charge in [-0.1, -0.05) is 19.0 Å². The Balaban J connectivity index is 2.75. The Bertz CT molecular complexity index is 384. The third-order valence-corrected chi connectivity index (χ3v) is 2.65. The molecular formula is C12H21N3O3. The zero-order valence-corrected chi connectivity index (χ0v) is 11.2. The van der Waals surface area contributed by atoms with E-state index in [9.17, 15) is 4.79 Å². The van der Waals surface area contributed by atoms with Crippen LogP contribution in [0.25, 0.3) is 0 Å². The molecule has 0 saturated heterocycles. The molecule has 6 nitrogen and oxygen atoms in total. The fourth-order valence-electron chi connectivity index (χ4n) is 1.71. The van der Waals surface area contributed by atoms with Gasteiger partial charge in [0, 0.05) is 13.1 Å². The van der Waals surface area contributed by atoms with Crippen molar-refractivity contribution in [1.29, 1.82) is 0 Å². The van der Waals surface area contributed by atoms with E-state index in [-0.39, 0.29) is 12.6 Å². The van der Waals surface area contributed by atoms with Crippen LogP contribution < -0.4 is 5.32 Å². The summed E-state index contributed by atoms with van der Waals surface area (Å²) in [4.78, 5) is 13.6. The van der Waals surface area contributed by atoms with Crippen molar-refractivity contribution in [3.8, 4) is 0 Å². The maximum absolute atomic E-state index is 12.0. The third kappa shape index (κ3) is 3.46. The van der Waals surface area contributed by atoms with Crippen molar-refractivity contribution in [2.75, 3.05) is 25.0 Å². The fourth-order valence-corrected chi connectivity index (χ4v) is 1.71. The predicted molar refractivity (Wildman–Crippen MR) is 68.6 cm³/mol. The van der Waals surface area contributed by atoms with Gasteiger partial charge in [-0.15, -0.1) is 0 Å². The molecule has 1 aromatic heterocycles. The van der Waals surface area contributed by atoms with Crippen LogP contribution in [0.4, 0.5) is 10.5 Å². The minimum atomic E-state index is -0.230. The molecule has 0 aromatic carbocycles. The lowest BCUT2D eigenvalue weighted by molar-refractivity contribution is 0.188. The van der Waals surface area contributed by atoms with Crippen LogP contribution in [0.5, 0.6) is 0 Å². The van der Waals surface area contributed by atoms with E-state index in [2.05, 4.69) is 10.5 Å². The van der Waals surface area contributed by atoms with Crippen molar-refractivity contribution >= 4 is 11.7 Å². The lowest BCUT2D eigenvalue weighted by Crippen LogP contribution is -2.37. The Morgan fingerprint density at radius 2 is 2.17 bits per heavy atom. The van der Waals surface area contributed by atoms with Gasteiger partial charge in [-0.3, -0.25) is 0 Å². The molecule has 1 aromatic rings. The molecule has 0 bridgehead atoms. The summed E-state index contributed by atoms with van der Waals surface area (Å²) in [5.41, 5.74) is 1.38. The summed E-state index contributed by atoms with van der Waals surface area (Å²) in [6.07, 6.45) is 1.54. The number of carbonyl (C=O) groups excluding carboxylic acids is 1. The molecule has 1 heterocycles. The Hall–Kier alpha value is -1.56. The van der Waals surface area contributed by atoms with Crippen LogP contribution in [0.3, 0.4) is 0 Å². The summed E-state index contributed by atoms with van der Waals surface area (Å²) in [7, 11) is 0. The van der Waals surface area contributed by atoms with E-state index in [1.54, 1.807) is 11.8 Å². The molecule has 2 N–H and O–H groups in total. The summed E-state index contributed by atoms with van der Waals surface area (Å²) in [6, 6.07) is -0.230. The Labute approximate surface area is 107 Å². The highest BCUT2D eigenvalue weighted by Gasteiger charge is 2.17. The number of hydrogen-bond acceptors (Lipinski definition) is 4. The minimum absolute atomic E-state index is 0.0450. The third-order valence-electron chi connectivity index (χ3n) is 2.65. The van der Waals surface area contributed by atoms with Gasteiger partial charge >= 0.3 is 6.03 Å². The molecule has 0 saturated carbocycles. The maximum Gasteiger partial charge on any atom is 0.322 e. The van der Waals surface area contributed by atoms with Crippen LogP contribution in [0.1, 0.15) is 31.7 Å². The number of aryl methyl sites for hydroxylation is 2. The highest BCUT2D eigenvalue weighted by Crippen LogP contribution is 2.20. The summed E-state index contributed by atoms with van der Waals surface area (Å²) in [5, 5.41) is 15.6. The number of anilines is 1. The van der Waals surface area contributed by atoms with Gasteiger partial charge in [-0.25, -0.2) is 4.79 Å². The zero-order chi connectivity index (χ0) is 13.5. The standard InChI is InChI=1S/C12H21N3O3/c1-4-6-15(7-8-16)12(17)13-11-9(3)18-14-10(11)5-2/h16H,4-8H2,1-3H3,(H,13,17). The minimum Gasteiger partial charge on any atom is -0.395 e. The average molecular weight is 255 g/mol. The molecule has 0 aliphatic heterocycles. The lowest BCUT2D eigenvalue weighted by atomic mass is 10.2. The molecule has 0 atom stereocenters. The van der Waals surface area contributed by atoms with E-state index in [1.165, 1.54) is 0 Å². The topological polar surface area (TPSA) is 78.6 Å². The van der Waals surface area contributed by atoms with Crippen LogP contribution in [-0.4, -0.2) is 40.9 Å². The van der Waals surface area contributed by atoms with Crippen molar-refractivity contribution < 1.29 is 14.4 Å². The SMILES string of the molecule is CCCN(CCO)C(=O)Nc1c(CC)noc1C. The number of amides is 2. The number of hydrogen-bond donors (Lipinski definition) is 2. The molecule has 0 aliphatic rings. The van der Waals surface area contributed by atoms with E-state index in [4.69, 9.17) is 9.63 Å². The normalized spacial score (nSPS) is 10.4. The van der Waals surface area contributed by atoms with Crippen LogP contribution >= 0.6 is 0 Å². The van der Waals surface area contributed by atoms with Gasteiger partial charge in [0.2, 0.25) is 0 Å². The molecule has 1 rings (SSSR count). The monoisotopic (exact) mass is 255 g/mol. The number of aromatic nitrogens is 1. The number of rotatable bonds is 6. The van der Waals surface area contributed by atoms with Crippen LogP contribution in [0.2, 0.25) is 0 Å². The predicted octanol–water partition coefficient (Wildman–Crippen LogP) is 1.78. The molecule has 0 spiro atoms. The second kappa shape index (κ2) is 7.00. The van der Waals surface area contributed by atoms with Crippen LogP contribution in [0.15, 0.2) is 4.52 Å². The number of carbonyl (C=O) groups is 1. The summed E-state index contributed by atoms with van der Waals surface area (Å²) < 4.78 is 5.05. The van der Waals surface area contributed by atoms with Gasteiger partial charge in [0.05, 0.1) is 6.61 Å². The number of aliphatic hydroxyl groups is 1. The maximum atomic E-state index is 12.0. The first-order chi connectivity index (χ1) is 8.63. The first-order valence-corrected chi connectivity index (χ1v) is 6.25. The Kier molecular flexibility index (Phi) is 5.64. The molecular weight excluding hydrogens is 234 g/mol. The summed E-state index contributed by atoms with van der Waals surface area (Å²) in [6.45, 7) is 6.59. The Morgan fingerprint density at radius 3 is 2.72 bits per heavy atom. The largest absolute Gasteiger partial charge is 0.395 e. The van der Waals surface area contributed by atoms with Crippen molar-refractivity contribution in [3.05, 3.63) is 11.5 Å². The van der Waals surface area contributed by atoms with Gasteiger partial charge < -0.3 is 19.8 Å². The zero-order valence-electron chi connectivity index (χ0n) is 11.2. The van der Waals surface area contributed by atoms with Gasteiger partial charge in [0.1, 0.15) is 11.4 Å². The van der Waals surface area contributed by atoms with E-state index in [0.29, 0.717) is 31.0 Å². The summed E-state index contributed by atoms with van der Waals surface area (Å²) in [5.74, 6) is 0.598. The molecule has 6 heteroatoms. The number of nitrogens with zero attached hydrogens (tertiary/aromatic N) is 2. The molecule has 102 valence electrons. The van der Waals surface area contributed by atoms with Gasteiger partial charge in [-0.05, 0) is 19.8 Å². The lowest BCUT2D eigenvalue weighted by Gasteiger charge is -2.21. The van der Waals surface area contributed by atoms with Crippen molar-refractivity contribution in [1.82, 2.24) is 10.1 Å². The number of urea groups is 1. The van der Waals surface area contributed by atoms with Gasteiger partial charge in [0.15, 0.2) is 5.76 Å². The van der Waals surface area contributed by atoms with E-state index >= 15 is 0 Å². The number of nitrogens with one attached hydrogen (secondary N) is 1. The van der Waals surface area contributed by atoms with Crippen molar-refractivity contribution in [3.63, 3.8) is 0 Å². The highest BCUT2D eigenvalue weighted by atomic mass is 16.5. The second-order valence-electron chi connectivity index (χ2n) is 4.05.